The fourth-order valence-corrected chi connectivity index (χ4v) is 3.66. The van der Waals surface area contributed by atoms with Crippen molar-refractivity contribution in [3.05, 3.63) is 77.3 Å². The van der Waals surface area contributed by atoms with E-state index in [0.717, 1.165) is 29.7 Å². The lowest BCUT2D eigenvalue weighted by Gasteiger charge is -2.10. The number of ether oxygens (including phenoxy) is 1. The van der Waals surface area contributed by atoms with Gasteiger partial charge in [-0.25, -0.2) is 0 Å². The van der Waals surface area contributed by atoms with Gasteiger partial charge in [0.2, 0.25) is 0 Å². The maximum atomic E-state index is 6.42. The first-order valence-electron chi connectivity index (χ1n) is 10.8. The Morgan fingerprint density at radius 3 is 1.79 bits per heavy atom. The Bertz CT molecular complexity index is 881. The molecule has 152 valence electrons. The van der Waals surface area contributed by atoms with Crippen LogP contribution in [-0.2, 0) is 6.42 Å². The van der Waals surface area contributed by atoms with Gasteiger partial charge in [0.15, 0.2) is 0 Å². The van der Waals surface area contributed by atoms with E-state index in [2.05, 4.69) is 68.4 Å². The van der Waals surface area contributed by atoms with Gasteiger partial charge in [0, 0.05) is 0 Å². The molecule has 0 amide bonds. The predicted octanol–water partition coefficient (Wildman–Crippen LogP) is 8.59. The summed E-state index contributed by atoms with van der Waals surface area (Å²) in [6, 6.07) is 23.7. The number of aryl methyl sites for hydroxylation is 1. The standard InChI is InChI=1S/C27H31ClO/c1-3-5-7-8-21-9-11-22(12-10-21)23-13-15-24(16-14-23)25-17-18-27(26(28)20-25)29-19-6-4-2/h9-18,20H,3-8,19H2,1-2H3. The van der Waals surface area contributed by atoms with Crippen LogP contribution in [-0.4, -0.2) is 6.61 Å². The third kappa shape index (κ3) is 6.11. The van der Waals surface area contributed by atoms with Crippen LogP contribution in [0.1, 0.15) is 51.5 Å². The molecule has 0 atom stereocenters. The van der Waals surface area contributed by atoms with Crippen molar-refractivity contribution >= 4 is 11.6 Å². The van der Waals surface area contributed by atoms with E-state index in [1.165, 1.54) is 42.4 Å². The number of hydrogen-bond acceptors (Lipinski definition) is 1. The van der Waals surface area contributed by atoms with E-state index in [4.69, 9.17) is 16.3 Å². The normalized spacial score (nSPS) is 10.9. The first-order chi connectivity index (χ1) is 14.2. The molecule has 0 aliphatic rings. The molecule has 1 nitrogen and oxygen atoms in total. The third-order valence-electron chi connectivity index (χ3n) is 5.26. The lowest BCUT2D eigenvalue weighted by molar-refractivity contribution is 0.309. The second kappa shape index (κ2) is 11.1. The van der Waals surface area contributed by atoms with E-state index in [1.807, 2.05) is 12.1 Å². The van der Waals surface area contributed by atoms with E-state index < -0.39 is 0 Å². The lowest BCUT2D eigenvalue weighted by atomic mass is 9.98. The van der Waals surface area contributed by atoms with Crippen LogP contribution >= 0.6 is 11.6 Å². The summed E-state index contributed by atoms with van der Waals surface area (Å²) >= 11 is 6.42. The zero-order chi connectivity index (χ0) is 20.5. The fraction of sp³-hybridized carbons (Fsp3) is 0.333. The highest BCUT2D eigenvalue weighted by atomic mass is 35.5. The molecular weight excluding hydrogens is 376 g/mol. The Kier molecular flexibility index (Phi) is 8.19. The molecule has 0 fully saturated rings. The van der Waals surface area contributed by atoms with Crippen LogP contribution < -0.4 is 4.74 Å². The smallest absolute Gasteiger partial charge is 0.137 e. The van der Waals surface area contributed by atoms with Crippen molar-refractivity contribution in [2.75, 3.05) is 6.61 Å². The number of unbranched alkanes of at least 4 members (excludes halogenated alkanes) is 3. The van der Waals surface area contributed by atoms with Gasteiger partial charge < -0.3 is 4.74 Å². The number of rotatable bonds is 10. The molecule has 0 aliphatic heterocycles. The van der Waals surface area contributed by atoms with E-state index >= 15 is 0 Å². The summed E-state index contributed by atoms with van der Waals surface area (Å²) in [6.45, 7) is 5.11. The van der Waals surface area contributed by atoms with Crippen LogP contribution in [0.25, 0.3) is 22.3 Å². The molecule has 3 aromatic carbocycles. The molecule has 0 saturated carbocycles. The summed E-state index contributed by atoms with van der Waals surface area (Å²) in [7, 11) is 0. The van der Waals surface area contributed by atoms with Crippen molar-refractivity contribution in [2.45, 2.75) is 52.4 Å². The Morgan fingerprint density at radius 1 is 0.655 bits per heavy atom. The second-order valence-electron chi connectivity index (χ2n) is 7.58. The second-order valence-corrected chi connectivity index (χ2v) is 7.99. The first kappa shape index (κ1) is 21.5. The molecule has 2 heteroatoms. The van der Waals surface area contributed by atoms with Crippen LogP contribution in [0.15, 0.2) is 66.7 Å². The van der Waals surface area contributed by atoms with Crippen LogP contribution in [0.2, 0.25) is 5.02 Å². The van der Waals surface area contributed by atoms with Gasteiger partial charge >= 0.3 is 0 Å². The molecule has 0 aliphatic carbocycles. The first-order valence-corrected chi connectivity index (χ1v) is 11.2. The van der Waals surface area contributed by atoms with E-state index in [-0.39, 0.29) is 0 Å². The molecule has 29 heavy (non-hydrogen) atoms. The monoisotopic (exact) mass is 406 g/mol. The van der Waals surface area contributed by atoms with Crippen molar-refractivity contribution in [1.29, 1.82) is 0 Å². The Labute approximate surface area is 180 Å². The van der Waals surface area contributed by atoms with E-state index in [0.29, 0.717) is 11.6 Å². The molecule has 0 unspecified atom stereocenters. The lowest BCUT2D eigenvalue weighted by Crippen LogP contribution is -1.96. The van der Waals surface area contributed by atoms with Crippen molar-refractivity contribution < 1.29 is 4.74 Å². The topological polar surface area (TPSA) is 9.23 Å². The molecule has 3 aromatic rings. The van der Waals surface area contributed by atoms with Gasteiger partial charge in [0.05, 0.1) is 11.6 Å². The maximum absolute atomic E-state index is 6.42. The minimum Gasteiger partial charge on any atom is -0.492 e. The number of halogens is 1. The number of hydrogen-bond donors (Lipinski definition) is 0. The summed E-state index contributed by atoms with van der Waals surface area (Å²) in [5.74, 6) is 0.763. The van der Waals surface area contributed by atoms with E-state index in [1.54, 1.807) is 0 Å². The van der Waals surface area contributed by atoms with Crippen molar-refractivity contribution in [2.24, 2.45) is 0 Å². The van der Waals surface area contributed by atoms with Gasteiger partial charge in [-0.15, -0.1) is 0 Å². The Balaban J connectivity index is 1.67. The average molecular weight is 407 g/mol. The molecule has 0 bridgehead atoms. The van der Waals surface area contributed by atoms with Crippen LogP contribution in [0.4, 0.5) is 0 Å². The summed E-state index contributed by atoms with van der Waals surface area (Å²) in [6.07, 6.45) is 7.17. The fourth-order valence-electron chi connectivity index (χ4n) is 3.42. The Morgan fingerprint density at radius 2 is 1.21 bits per heavy atom. The average Bonchev–Trinajstić information content (AvgIpc) is 2.76. The van der Waals surface area contributed by atoms with Crippen LogP contribution in [0, 0.1) is 0 Å². The van der Waals surface area contributed by atoms with Gasteiger partial charge in [-0.05, 0) is 59.2 Å². The van der Waals surface area contributed by atoms with Crippen molar-refractivity contribution in [1.82, 2.24) is 0 Å². The molecule has 0 radical (unpaired) electrons. The molecular formula is C27H31ClO. The minimum absolute atomic E-state index is 0.668. The summed E-state index contributed by atoms with van der Waals surface area (Å²) in [5.41, 5.74) is 6.19. The molecule has 0 aromatic heterocycles. The van der Waals surface area contributed by atoms with Gasteiger partial charge in [0.25, 0.3) is 0 Å². The zero-order valence-corrected chi connectivity index (χ0v) is 18.3. The number of benzene rings is 3. The van der Waals surface area contributed by atoms with Gasteiger partial charge in [-0.2, -0.15) is 0 Å². The van der Waals surface area contributed by atoms with Crippen LogP contribution in [0.5, 0.6) is 5.75 Å². The molecule has 0 spiro atoms. The van der Waals surface area contributed by atoms with E-state index in [9.17, 15) is 0 Å². The van der Waals surface area contributed by atoms with Gasteiger partial charge in [-0.3, -0.25) is 0 Å². The highest BCUT2D eigenvalue weighted by Gasteiger charge is 2.06. The molecule has 0 heterocycles. The van der Waals surface area contributed by atoms with Crippen LogP contribution in [0.3, 0.4) is 0 Å². The quantitative estimate of drug-likeness (QED) is 0.306. The van der Waals surface area contributed by atoms with Crippen molar-refractivity contribution in [3.8, 4) is 28.0 Å². The Hall–Kier alpha value is -2.25. The minimum atomic E-state index is 0.668. The predicted molar refractivity (Wildman–Crippen MR) is 126 cm³/mol. The molecule has 0 N–H and O–H groups in total. The third-order valence-corrected chi connectivity index (χ3v) is 5.56. The zero-order valence-electron chi connectivity index (χ0n) is 17.6. The highest BCUT2D eigenvalue weighted by molar-refractivity contribution is 6.32. The molecule has 3 rings (SSSR count). The summed E-state index contributed by atoms with van der Waals surface area (Å²) in [4.78, 5) is 0. The van der Waals surface area contributed by atoms with Gasteiger partial charge in [-0.1, -0.05) is 99.3 Å². The maximum Gasteiger partial charge on any atom is 0.137 e. The van der Waals surface area contributed by atoms with Crippen molar-refractivity contribution in [3.63, 3.8) is 0 Å². The largest absolute Gasteiger partial charge is 0.492 e. The highest BCUT2D eigenvalue weighted by Crippen LogP contribution is 2.32. The van der Waals surface area contributed by atoms with Gasteiger partial charge in [0.1, 0.15) is 5.75 Å². The summed E-state index contributed by atoms with van der Waals surface area (Å²) < 4.78 is 5.75. The SMILES string of the molecule is CCCCCc1ccc(-c2ccc(-c3ccc(OCCCC)c(Cl)c3)cc2)cc1. The molecule has 0 saturated heterocycles. The summed E-state index contributed by atoms with van der Waals surface area (Å²) in [5, 5.41) is 0.668.